The van der Waals surface area contributed by atoms with Crippen molar-refractivity contribution in [1.29, 1.82) is 0 Å². The van der Waals surface area contributed by atoms with Crippen LogP contribution in [-0.2, 0) is 4.79 Å². The number of methoxy groups -OCH3 is 1. The molecule has 0 saturated carbocycles. The van der Waals surface area contributed by atoms with E-state index in [1.54, 1.807) is 36.3 Å². The SMILES string of the molecule is COc1ccc(C(=O)C2CCN(C(=O)NCCCC(=O)O)CC2)cc1. The highest BCUT2D eigenvalue weighted by atomic mass is 16.5. The Morgan fingerprint density at radius 1 is 1.20 bits per heavy atom. The minimum absolute atomic E-state index is 0.0404. The highest BCUT2D eigenvalue weighted by molar-refractivity contribution is 5.98. The topological polar surface area (TPSA) is 95.9 Å². The van der Waals surface area contributed by atoms with Gasteiger partial charge < -0.3 is 20.1 Å². The van der Waals surface area contributed by atoms with Crippen LogP contribution < -0.4 is 10.1 Å². The molecule has 25 heavy (non-hydrogen) atoms. The lowest BCUT2D eigenvalue weighted by atomic mass is 9.89. The van der Waals surface area contributed by atoms with E-state index in [0.29, 0.717) is 50.2 Å². The van der Waals surface area contributed by atoms with Gasteiger partial charge in [0.05, 0.1) is 7.11 Å². The number of hydrogen-bond acceptors (Lipinski definition) is 4. The van der Waals surface area contributed by atoms with Crippen LogP contribution >= 0.6 is 0 Å². The first-order valence-electron chi connectivity index (χ1n) is 8.44. The third-order valence-corrected chi connectivity index (χ3v) is 4.37. The number of carboxylic acid groups (broad SMARTS) is 1. The van der Waals surface area contributed by atoms with Gasteiger partial charge in [-0.05, 0) is 43.5 Å². The predicted molar refractivity (Wildman–Crippen MR) is 91.9 cm³/mol. The fourth-order valence-electron chi connectivity index (χ4n) is 2.88. The van der Waals surface area contributed by atoms with Gasteiger partial charge in [-0.15, -0.1) is 0 Å². The highest BCUT2D eigenvalue weighted by Crippen LogP contribution is 2.23. The molecule has 1 aliphatic rings. The maximum Gasteiger partial charge on any atom is 0.317 e. The van der Waals surface area contributed by atoms with Crippen molar-refractivity contribution in [3.63, 3.8) is 0 Å². The van der Waals surface area contributed by atoms with Crippen molar-refractivity contribution in [3.8, 4) is 5.75 Å². The first-order chi connectivity index (χ1) is 12.0. The van der Waals surface area contributed by atoms with E-state index in [1.165, 1.54) is 0 Å². The smallest absolute Gasteiger partial charge is 0.317 e. The van der Waals surface area contributed by atoms with Crippen LogP contribution in [0, 0.1) is 5.92 Å². The van der Waals surface area contributed by atoms with Crippen molar-refractivity contribution >= 4 is 17.8 Å². The van der Waals surface area contributed by atoms with Crippen molar-refractivity contribution in [2.75, 3.05) is 26.7 Å². The lowest BCUT2D eigenvalue weighted by molar-refractivity contribution is -0.137. The number of piperidine rings is 1. The number of nitrogens with one attached hydrogen (secondary N) is 1. The molecule has 0 spiro atoms. The third-order valence-electron chi connectivity index (χ3n) is 4.37. The largest absolute Gasteiger partial charge is 0.497 e. The minimum atomic E-state index is -0.868. The van der Waals surface area contributed by atoms with Crippen LogP contribution in [0.15, 0.2) is 24.3 Å². The Morgan fingerprint density at radius 3 is 2.40 bits per heavy atom. The number of rotatable bonds is 7. The lowest BCUT2D eigenvalue weighted by Crippen LogP contribution is -2.45. The molecule has 0 unspecified atom stereocenters. The van der Waals surface area contributed by atoms with E-state index >= 15 is 0 Å². The van der Waals surface area contributed by atoms with Crippen LogP contribution in [0.5, 0.6) is 5.75 Å². The van der Waals surface area contributed by atoms with E-state index in [1.807, 2.05) is 0 Å². The van der Waals surface area contributed by atoms with E-state index in [2.05, 4.69) is 5.32 Å². The number of carbonyl (C=O) groups is 3. The molecule has 0 radical (unpaired) electrons. The van der Waals surface area contributed by atoms with Gasteiger partial charge in [-0.25, -0.2) is 4.79 Å². The molecule has 0 aromatic heterocycles. The molecule has 1 saturated heterocycles. The van der Waals surface area contributed by atoms with Gasteiger partial charge in [-0.1, -0.05) is 0 Å². The van der Waals surface area contributed by atoms with Crippen molar-refractivity contribution in [2.45, 2.75) is 25.7 Å². The molecule has 1 aromatic carbocycles. The third kappa shape index (κ3) is 5.48. The Hall–Kier alpha value is -2.57. The fourth-order valence-corrected chi connectivity index (χ4v) is 2.88. The number of likely N-dealkylation sites (tertiary alicyclic amines) is 1. The summed E-state index contributed by atoms with van der Waals surface area (Å²) in [5, 5.41) is 11.3. The molecule has 7 nitrogen and oxygen atoms in total. The van der Waals surface area contributed by atoms with Crippen molar-refractivity contribution in [1.82, 2.24) is 10.2 Å². The maximum atomic E-state index is 12.5. The van der Waals surface area contributed by atoms with Gasteiger partial charge in [0.15, 0.2) is 5.78 Å². The summed E-state index contributed by atoms with van der Waals surface area (Å²) in [5.41, 5.74) is 0.664. The number of hydrogen-bond donors (Lipinski definition) is 2. The molecular formula is C18H24N2O5. The number of ether oxygens (including phenoxy) is 1. The lowest BCUT2D eigenvalue weighted by Gasteiger charge is -2.31. The average molecular weight is 348 g/mol. The van der Waals surface area contributed by atoms with Crippen LogP contribution in [0.3, 0.4) is 0 Å². The molecule has 1 heterocycles. The molecule has 1 fully saturated rings. The first kappa shape index (κ1) is 18.8. The molecule has 7 heteroatoms. The number of carboxylic acids is 1. The Balaban J connectivity index is 1.77. The Bertz CT molecular complexity index is 606. The second kappa shape index (κ2) is 9.05. The second-order valence-corrected chi connectivity index (χ2v) is 6.08. The van der Waals surface area contributed by atoms with Crippen LogP contribution in [-0.4, -0.2) is 54.5 Å². The molecule has 136 valence electrons. The summed E-state index contributed by atoms with van der Waals surface area (Å²) in [7, 11) is 1.58. The fraction of sp³-hybridized carbons (Fsp3) is 0.500. The first-order valence-corrected chi connectivity index (χ1v) is 8.44. The minimum Gasteiger partial charge on any atom is -0.497 e. The van der Waals surface area contributed by atoms with Gasteiger partial charge >= 0.3 is 12.0 Å². The quantitative estimate of drug-likeness (QED) is 0.581. The number of benzene rings is 1. The van der Waals surface area contributed by atoms with E-state index in [9.17, 15) is 14.4 Å². The van der Waals surface area contributed by atoms with E-state index in [-0.39, 0.29) is 24.2 Å². The number of Topliss-reactive ketones (excluding diaryl/α,β-unsaturated/α-hetero) is 1. The molecule has 2 rings (SSSR count). The monoisotopic (exact) mass is 348 g/mol. The Morgan fingerprint density at radius 2 is 1.84 bits per heavy atom. The highest BCUT2D eigenvalue weighted by Gasteiger charge is 2.27. The zero-order valence-electron chi connectivity index (χ0n) is 14.4. The predicted octanol–water partition coefficient (Wildman–Crippen LogP) is 2.16. The van der Waals surface area contributed by atoms with Gasteiger partial charge in [-0.2, -0.15) is 0 Å². The second-order valence-electron chi connectivity index (χ2n) is 6.08. The summed E-state index contributed by atoms with van der Waals surface area (Å²) in [5.74, 6) is -0.133. The number of carbonyl (C=O) groups excluding carboxylic acids is 2. The van der Waals surface area contributed by atoms with Crippen LogP contribution in [0.2, 0.25) is 0 Å². The maximum absolute atomic E-state index is 12.5. The van der Waals surface area contributed by atoms with Gasteiger partial charge in [0, 0.05) is 37.5 Å². The van der Waals surface area contributed by atoms with Crippen molar-refractivity contribution in [2.24, 2.45) is 5.92 Å². The van der Waals surface area contributed by atoms with Gasteiger partial charge in [0.1, 0.15) is 5.75 Å². The summed E-state index contributed by atoms with van der Waals surface area (Å²) in [6.07, 6.45) is 1.72. The number of ketones is 1. The molecule has 0 bridgehead atoms. The molecule has 2 amide bonds. The van der Waals surface area contributed by atoms with E-state index < -0.39 is 5.97 Å². The van der Waals surface area contributed by atoms with Crippen LogP contribution in [0.25, 0.3) is 0 Å². The molecule has 1 aromatic rings. The summed E-state index contributed by atoms with van der Waals surface area (Å²) >= 11 is 0. The number of amides is 2. The normalized spacial score (nSPS) is 14.8. The van der Waals surface area contributed by atoms with Gasteiger partial charge in [-0.3, -0.25) is 9.59 Å². The summed E-state index contributed by atoms with van der Waals surface area (Å²) < 4.78 is 5.09. The van der Waals surface area contributed by atoms with Gasteiger partial charge in [0.2, 0.25) is 0 Å². The summed E-state index contributed by atoms with van der Waals surface area (Å²) in [6, 6.07) is 6.88. The standard InChI is InChI=1S/C18H24N2O5/c1-25-15-6-4-13(5-7-15)17(23)14-8-11-20(12-9-14)18(24)19-10-2-3-16(21)22/h4-7,14H,2-3,8-12H2,1H3,(H,19,24)(H,21,22). The molecular weight excluding hydrogens is 324 g/mol. The molecule has 0 atom stereocenters. The zero-order chi connectivity index (χ0) is 18.2. The van der Waals surface area contributed by atoms with Crippen molar-refractivity contribution in [3.05, 3.63) is 29.8 Å². The molecule has 0 aliphatic carbocycles. The number of urea groups is 1. The Kier molecular flexibility index (Phi) is 6.80. The number of aliphatic carboxylic acids is 1. The number of nitrogens with zero attached hydrogens (tertiary/aromatic N) is 1. The van der Waals surface area contributed by atoms with Gasteiger partial charge in [0.25, 0.3) is 0 Å². The molecule has 2 N–H and O–H groups in total. The van der Waals surface area contributed by atoms with Crippen molar-refractivity contribution < 1.29 is 24.2 Å². The Labute approximate surface area is 147 Å². The van der Waals surface area contributed by atoms with Crippen LogP contribution in [0.1, 0.15) is 36.0 Å². The van der Waals surface area contributed by atoms with Crippen LogP contribution in [0.4, 0.5) is 4.79 Å². The summed E-state index contributed by atoms with van der Waals surface area (Å²) in [6.45, 7) is 1.39. The molecule has 1 aliphatic heterocycles. The summed E-state index contributed by atoms with van der Waals surface area (Å²) in [4.78, 5) is 36.7. The zero-order valence-corrected chi connectivity index (χ0v) is 14.4. The van der Waals surface area contributed by atoms with E-state index in [0.717, 1.165) is 0 Å². The average Bonchev–Trinajstić information content (AvgIpc) is 2.64. The van der Waals surface area contributed by atoms with E-state index in [4.69, 9.17) is 9.84 Å².